The number of hydrogen-bond donors (Lipinski definition) is 2. The van der Waals surface area contributed by atoms with Gasteiger partial charge in [0, 0.05) is 24.1 Å². The lowest BCUT2D eigenvalue weighted by Crippen LogP contribution is -2.33. The van der Waals surface area contributed by atoms with Crippen molar-refractivity contribution in [1.29, 1.82) is 0 Å². The van der Waals surface area contributed by atoms with Crippen LogP contribution in [0.2, 0.25) is 5.02 Å². The fourth-order valence-electron chi connectivity index (χ4n) is 4.58. The van der Waals surface area contributed by atoms with Crippen LogP contribution in [0.5, 0.6) is 11.5 Å². The standard InChI is InChI=1S/C36H37ClN2O6/c1-36(2,3)45-35(43)38-21-20-25-8-7-11-30(22-25)44-32-23-29(37)16-17-31(32)39(33(40)18-19-34(41)42)24-26-12-14-28(15-13-26)27-9-5-4-6-10-27/h4-17,22-23H,18-21,24H2,1-3H3,(H,38,43)(H,41,42). The molecule has 0 heterocycles. The van der Waals surface area contributed by atoms with Crippen molar-refractivity contribution < 1.29 is 29.0 Å². The number of alkyl carbamates (subject to hydrolysis) is 1. The van der Waals surface area contributed by atoms with Gasteiger partial charge in [-0.2, -0.15) is 0 Å². The van der Waals surface area contributed by atoms with Gasteiger partial charge in [-0.3, -0.25) is 9.59 Å². The van der Waals surface area contributed by atoms with Crippen molar-refractivity contribution >= 4 is 35.3 Å². The Bertz CT molecular complexity index is 1620. The number of nitrogens with one attached hydrogen (secondary N) is 1. The molecular formula is C36H37ClN2O6. The third-order valence-corrected chi connectivity index (χ3v) is 6.91. The van der Waals surface area contributed by atoms with E-state index >= 15 is 0 Å². The van der Waals surface area contributed by atoms with E-state index in [-0.39, 0.29) is 25.3 Å². The molecule has 0 atom stereocenters. The summed E-state index contributed by atoms with van der Waals surface area (Å²) in [6.07, 6.45) is -0.427. The first-order valence-corrected chi connectivity index (χ1v) is 15.0. The molecule has 0 radical (unpaired) electrons. The van der Waals surface area contributed by atoms with Crippen molar-refractivity contribution in [2.24, 2.45) is 0 Å². The van der Waals surface area contributed by atoms with E-state index in [2.05, 4.69) is 5.32 Å². The van der Waals surface area contributed by atoms with Crippen molar-refractivity contribution in [2.45, 2.75) is 52.2 Å². The number of nitrogens with zero attached hydrogens (tertiary/aromatic N) is 1. The lowest BCUT2D eigenvalue weighted by Gasteiger charge is -2.25. The Morgan fingerprint density at radius 1 is 0.822 bits per heavy atom. The van der Waals surface area contributed by atoms with Crippen molar-refractivity contribution in [3.8, 4) is 22.6 Å². The van der Waals surface area contributed by atoms with E-state index in [1.165, 1.54) is 4.90 Å². The molecule has 4 aromatic carbocycles. The van der Waals surface area contributed by atoms with E-state index in [0.29, 0.717) is 35.2 Å². The summed E-state index contributed by atoms with van der Waals surface area (Å²) in [5.41, 5.74) is 3.77. The summed E-state index contributed by atoms with van der Waals surface area (Å²) in [5.74, 6) is -0.561. The Labute approximate surface area is 268 Å². The maximum atomic E-state index is 13.5. The average molecular weight is 629 g/mol. The Kier molecular flexibility index (Phi) is 11.2. The molecule has 0 aliphatic rings. The second kappa shape index (κ2) is 15.3. The SMILES string of the molecule is CC(C)(C)OC(=O)NCCc1cccc(Oc2cc(Cl)ccc2N(Cc2ccc(-c3ccccc3)cc2)C(=O)CCC(=O)O)c1. The predicted octanol–water partition coefficient (Wildman–Crippen LogP) is 8.26. The van der Waals surface area contributed by atoms with E-state index < -0.39 is 17.7 Å². The summed E-state index contributed by atoms with van der Waals surface area (Å²) in [7, 11) is 0. The highest BCUT2D eigenvalue weighted by Crippen LogP contribution is 2.36. The molecular weight excluding hydrogens is 592 g/mol. The molecule has 0 spiro atoms. The topological polar surface area (TPSA) is 105 Å². The van der Waals surface area contributed by atoms with Crippen LogP contribution in [0, 0.1) is 0 Å². The second-order valence-electron chi connectivity index (χ2n) is 11.5. The van der Waals surface area contributed by atoms with Crippen LogP contribution in [0.4, 0.5) is 10.5 Å². The van der Waals surface area contributed by atoms with Crippen molar-refractivity contribution in [3.63, 3.8) is 0 Å². The van der Waals surface area contributed by atoms with Gasteiger partial charge in [-0.1, -0.05) is 78.3 Å². The molecule has 0 aliphatic heterocycles. The van der Waals surface area contributed by atoms with Crippen molar-refractivity contribution in [2.75, 3.05) is 11.4 Å². The summed E-state index contributed by atoms with van der Waals surface area (Å²) in [5, 5.41) is 12.4. The molecule has 0 saturated carbocycles. The fraction of sp³-hybridized carbons (Fsp3) is 0.250. The zero-order valence-electron chi connectivity index (χ0n) is 25.6. The highest BCUT2D eigenvalue weighted by molar-refractivity contribution is 6.30. The summed E-state index contributed by atoms with van der Waals surface area (Å²) in [6, 6.07) is 30.2. The highest BCUT2D eigenvalue weighted by atomic mass is 35.5. The van der Waals surface area contributed by atoms with Gasteiger partial charge in [0.2, 0.25) is 5.91 Å². The normalized spacial score (nSPS) is 11.0. The first kappa shape index (κ1) is 33.1. The first-order chi connectivity index (χ1) is 21.5. The lowest BCUT2D eigenvalue weighted by molar-refractivity contribution is -0.138. The fourth-order valence-corrected chi connectivity index (χ4v) is 4.74. The zero-order valence-corrected chi connectivity index (χ0v) is 26.3. The number of aliphatic carboxylic acids is 1. The highest BCUT2D eigenvalue weighted by Gasteiger charge is 2.22. The molecule has 4 rings (SSSR count). The van der Waals surface area contributed by atoms with Crippen LogP contribution in [0.25, 0.3) is 11.1 Å². The van der Waals surface area contributed by atoms with E-state index in [1.54, 1.807) is 45.0 Å². The number of carboxylic acids is 1. The third-order valence-electron chi connectivity index (χ3n) is 6.68. The van der Waals surface area contributed by atoms with Gasteiger partial charge in [-0.15, -0.1) is 0 Å². The van der Waals surface area contributed by atoms with E-state index in [0.717, 1.165) is 22.3 Å². The molecule has 2 amide bonds. The minimum absolute atomic E-state index is 0.181. The molecule has 2 N–H and O–H groups in total. The van der Waals surface area contributed by atoms with Crippen LogP contribution in [0.3, 0.4) is 0 Å². The van der Waals surface area contributed by atoms with Crippen molar-refractivity contribution in [1.82, 2.24) is 5.32 Å². The molecule has 0 unspecified atom stereocenters. The number of amides is 2. The predicted molar refractivity (Wildman–Crippen MR) is 176 cm³/mol. The van der Waals surface area contributed by atoms with Crippen LogP contribution in [-0.4, -0.2) is 35.2 Å². The molecule has 9 heteroatoms. The second-order valence-corrected chi connectivity index (χ2v) is 11.9. The molecule has 8 nitrogen and oxygen atoms in total. The molecule has 0 fully saturated rings. The molecule has 0 bridgehead atoms. The monoisotopic (exact) mass is 628 g/mol. The molecule has 0 aliphatic carbocycles. The minimum Gasteiger partial charge on any atom is -0.481 e. The molecule has 234 valence electrons. The van der Waals surface area contributed by atoms with Crippen molar-refractivity contribution in [3.05, 3.63) is 113 Å². The molecule has 0 saturated heterocycles. The minimum atomic E-state index is -1.05. The Balaban J connectivity index is 1.56. The summed E-state index contributed by atoms with van der Waals surface area (Å²) < 4.78 is 11.6. The average Bonchev–Trinajstić information content (AvgIpc) is 2.99. The van der Waals surface area contributed by atoms with Crippen LogP contribution in [-0.2, 0) is 27.3 Å². The van der Waals surface area contributed by atoms with Gasteiger partial charge < -0.3 is 24.8 Å². The smallest absolute Gasteiger partial charge is 0.407 e. The van der Waals surface area contributed by atoms with Gasteiger partial charge in [0.15, 0.2) is 5.75 Å². The van der Waals surface area contributed by atoms with Gasteiger partial charge in [0.25, 0.3) is 0 Å². The Morgan fingerprint density at radius 2 is 1.53 bits per heavy atom. The number of ether oxygens (including phenoxy) is 2. The van der Waals surface area contributed by atoms with Crippen LogP contribution in [0.15, 0.2) is 97.1 Å². The van der Waals surface area contributed by atoms with E-state index in [9.17, 15) is 19.5 Å². The number of carboxylic acid groups (broad SMARTS) is 1. The maximum absolute atomic E-state index is 13.5. The summed E-state index contributed by atoms with van der Waals surface area (Å²) in [4.78, 5) is 38.3. The number of rotatable bonds is 12. The molecule has 45 heavy (non-hydrogen) atoms. The van der Waals surface area contributed by atoms with Gasteiger partial charge in [0.1, 0.15) is 11.4 Å². The van der Waals surface area contributed by atoms with Crippen LogP contribution in [0.1, 0.15) is 44.7 Å². The maximum Gasteiger partial charge on any atom is 0.407 e. The number of hydrogen-bond acceptors (Lipinski definition) is 5. The van der Waals surface area contributed by atoms with E-state index in [1.807, 2.05) is 72.8 Å². The number of benzene rings is 4. The lowest BCUT2D eigenvalue weighted by atomic mass is 10.0. The third kappa shape index (κ3) is 10.4. The van der Waals surface area contributed by atoms with Gasteiger partial charge >= 0.3 is 12.1 Å². The quantitative estimate of drug-likeness (QED) is 0.164. The Morgan fingerprint density at radius 3 is 2.22 bits per heavy atom. The number of anilines is 1. The van der Waals surface area contributed by atoms with Crippen LogP contribution < -0.4 is 15.0 Å². The summed E-state index contributed by atoms with van der Waals surface area (Å²) in [6.45, 7) is 5.98. The summed E-state index contributed by atoms with van der Waals surface area (Å²) >= 11 is 6.37. The number of halogens is 1. The largest absolute Gasteiger partial charge is 0.481 e. The van der Waals surface area contributed by atoms with E-state index in [4.69, 9.17) is 21.1 Å². The van der Waals surface area contributed by atoms with Gasteiger partial charge in [-0.05, 0) is 73.7 Å². The first-order valence-electron chi connectivity index (χ1n) is 14.7. The van der Waals surface area contributed by atoms with Gasteiger partial charge in [0.05, 0.1) is 18.7 Å². The number of carbonyl (C=O) groups is 3. The Hall–Kier alpha value is -4.82. The zero-order chi connectivity index (χ0) is 32.4. The van der Waals surface area contributed by atoms with Crippen LogP contribution >= 0.6 is 11.6 Å². The number of carbonyl (C=O) groups excluding carboxylic acids is 2. The molecule has 0 aromatic heterocycles. The molecule has 4 aromatic rings. The van der Waals surface area contributed by atoms with Gasteiger partial charge in [-0.25, -0.2) is 4.79 Å².